The number of pyridine rings is 1. The molecule has 0 radical (unpaired) electrons. The Morgan fingerprint density at radius 2 is 2.00 bits per heavy atom. The molecule has 32 heavy (non-hydrogen) atoms. The van der Waals surface area contributed by atoms with Crippen LogP contribution in [0.25, 0.3) is 5.69 Å². The molecule has 0 saturated carbocycles. The van der Waals surface area contributed by atoms with E-state index in [1.807, 2.05) is 6.92 Å². The van der Waals surface area contributed by atoms with Crippen molar-refractivity contribution in [3.63, 3.8) is 0 Å². The van der Waals surface area contributed by atoms with Gasteiger partial charge in [-0.15, -0.1) is 0 Å². The van der Waals surface area contributed by atoms with Crippen molar-refractivity contribution >= 4 is 20.0 Å². The van der Waals surface area contributed by atoms with Gasteiger partial charge in [0, 0.05) is 42.6 Å². The molecule has 9 heteroatoms. The van der Waals surface area contributed by atoms with E-state index in [1.165, 1.54) is 16.6 Å². The number of methoxy groups -OCH3 is 1. The first-order chi connectivity index (χ1) is 15.1. The second kappa shape index (κ2) is 7.82. The van der Waals surface area contributed by atoms with E-state index in [0.717, 1.165) is 0 Å². The molecule has 1 aromatic heterocycles. The number of aromatic nitrogens is 1. The smallest absolute Gasteiger partial charge is 0.297 e. The Kier molecular flexibility index (Phi) is 5.55. The van der Waals surface area contributed by atoms with Crippen LogP contribution >= 0.6 is 0 Å². The number of aliphatic hydroxyl groups excluding tert-OH is 1. The number of carbonyl (C=O) groups excluding carboxylic acids is 1. The third-order valence-corrected chi connectivity index (χ3v) is 9.36. The Labute approximate surface area is 187 Å². The molecule has 0 unspecified atom stereocenters. The van der Waals surface area contributed by atoms with E-state index in [0.29, 0.717) is 16.9 Å². The molecule has 0 aliphatic carbocycles. The number of likely N-dealkylation sites (N-methyl/N-ethyl adjacent to an activating group) is 1. The minimum Gasteiger partial charge on any atom is -0.491 e. The van der Waals surface area contributed by atoms with Crippen LogP contribution in [0, 0.1) is 5.92 Å². The van der Waals surface area contributed by atoms with Crippen molar-refractivity contribution in [1.29, 1.82) is 0 Å². The predicted molar refractivity (Wildman–Crippen MR) is 122 cm³/mol. The molecular weight excluding hydrogens is 431 g/mol. The van der Waals surface area contributed by atoms with Gasteiger partial charge in [0.1, 0.15) is 0 Å². The van der Waals surface area contributed by atoms with Gasteiger partial charge in [-0.2, -0.15) is 0 Å². The van der Waals surface area contributed by atoms with Gasteiger partial charge in [0.2, 0.25) is 8.41 Å². The molecule has 1 spiro atoms. The van der Waals surface area contributed by atoms with Crippen molar-refractivity contribution in [1.82, 2.24) is 4.57 Å². The highest BCUT2D eigenvalue weighted by Gasteiger charge is 2.66. The normalized spacial score (nSPS) is 27.3. The first kappa shape index (κ1) is 22.7. The molecule has 1 N–H and O–H groups in total. The number of fused-ring (bicyclic) bond motifs is 2. The molecule has 2 aromatic rings. The van der Waals surface area contributed by atoms with Crippen LogP contribution in [0.5, 0.6) is 5.75 Å². The molecule has 4 rings (SSSR count). The lowest BCUT2D eigenvalue weighted by molar-refractivity contribution is -0.146. The van der Waals surface area contributed by atoms with Crippen LogP contribution in [-0.2, 0) is 15.1 Å². The van der Waals surface area contributed by atoms with E-state index in [2.05, 4.69) is 0 Å². The van der Waals surface area contributed by atoms with Gasteiger partial charge in [-0.3, -0.25) is 14.2 Å². The standard InChI is InChI=1S/C23H29FN2O5Si/c1-14-20(32(4,5)24)18(10-12-27)31-23(14)16-13-15(8-9-17(16)25(2)22(23)29)26-11-6-7-19(30-3)21(26)28/h6-9,11,13-14,18,20,27H,10,12H2,1-5H3/t14-,18+,20-,23+/m0/s1. The molecule has 4 atom stereocenters. The highest BCUT2D eigenvalue weighted by atomic mass is 28.4. The Bertz CT molecular complexity index is 1110. The monoisotopic (exact) mass is 460 g/mol. The fraction of sp³-hybridized carbons (Fsp3) is 0.478. The van der Waals surface area contributed by atoms with Gasteiger partial charge in [0.25, 0.3) is 11.5 Å². The summed E-state index contributed by atoms with van der Waals surface area (Å²) in [5.74, 6) is -0.479. The number of anilines is 1. The third-order valence-electron chi connectivity index (χ3n) is 6.90. The fourth-order valence-electron chi connectivity index (χ4n) is 5.52. The van der Waals surface area contributed by atoms with Crippen LogP contribution in [0.1, 0.15) is 18.9 Å². The number of benzene rings is 1. The lowest BCUT2D eigenvalue weighted by Gasteiger charge is -2.31. The molecule has 1 amide bonds. The summed E-state index contributed by atoms with van der Waals surface area (Å²) in [5, 5.41) is 9.58. The number of halogens is 1. The summed E-state index contributed by atoms with van der Waals surface area (Å²) < 4.78 is 28.4. The molecule has 7 nitrogen and oxygen atoms in total. The number of hydrogen-bond donors (Lipinski definition) is 1. The van der Waals surface area contributed by atoms with Crippen LogP contribution in [0.15, 0.2) is 41.3 Å². The number of rotatable bonds is 5. The number of ether oxygens (including phenoxy) is 2. The molecule has 1 fully saturated rings. The number of carbonyl (C=O) groups is 1. The SMILES string of the molecule is COc1cccn(-c2ccc3c(c2)[C@@]2(O[C@H](CCO)[C@@H]([Si](C)(C)F)[C@@H]2C)C(=O)N3C)c1=O. The zero-order chi connectivity index (χ0) is 23.4. The van der Waals surface area contributed by atoms with Crippen LogP contribution < -0.4 is 15.2 Å². The zero-order valence-corrected chi connectivity index (χ0v) is 20.0. The van der Waals surface area contributed by atoms with Crippen LogP contribution in [0.3, 0.4) is 0 Å². The maximum Gasteiger partial charge on any atom is 0.297 e. The van der Waals surface area contributed by atoms with Gasteiger partial charge in [-0.05, 0) is 49.8 Å². The molecule has 2 aliphatic heterocycles. The second-order valence-electron chi connectivity index (χ2n) is 9.10. The van der Waals surface area contributed by atoms with Crippen molar-refractivity contribution in [3.05, 3.63) is 52.4 Å². The highest BCUT2D eigenvalue weighted by Crippen LogP contribution is 2.60. The highest BCUT2D eigenvalue weighted by molar-refractivity contribution is 6.72. The Hall–Kier alpha value is -2.49. The van der Waals surface area contributed by atoms with Crippen molar-refractivity contribution in [2.45, 2.75) is 43.7 Å². The average molecular weight is 461 g/mol. The number of aliphatic hydroxyl groups is 1. The lowest BCUT2D eigenvalue weighted by atomic mass is 9.82. The number of nitrogens with zero attached hydrogens (tertiary/aromatic N) is 2. The average Bonchev–Trinajstić information content (AvgIpc) is 3.15. The van der Waals surface area contributed by atoms with E-state index in [9.17, 15) is 14.7 Å². The molecular formula is C23H29FN2O5Si. The lowest BCUT2D eigenvalue weighted by Crippen LogP contribution is -2.44. The molecule has 3 heterocycles. The summed E-state index contributed by atoms with van der Waals surface area (Å²) in [7, 11) is -0.120. The maximum atomic E-state index is 15.4. The molecule has 172 valence electrons. The summed E-state index contributed by atoms with van der Waals surface area (Å²) in [6.45, 7) is 4.96. The Morgan fingerprint density at radius 3 is 2.62 bits per heavy atom. The van der Waals surface area contributed by atoms with E-state index in [-0.39, 0.29) is 30.2 Å². The van der Waals surface area contributed by atoms with E-state index < -0.39 is 31.6 Å². The summed E-state index contributed by atoms with van der Waals surface area (Å²) in [4.78, 5) is 27.9. The van der Waals surface area contributed by atoms with Crippen molar-refractivity contribution in [2.75, 3.05) is 25.7 Å². The van der Waals surface area contributed by atoms with Crippen LogP contribution in [0.4, 0.5) is 9.80 Å². The first-order valence-corrected chi connectivity index (χ1v) is 13.7. The van der Waals surface area contributed by atoms with E-state index in [4.69, 9.17) is 9.47 Å². The quantitative estimate of drug-likeness (QED) is 0.548. The van der Waals surface area contributed by atoms with Gasteiger partial charge < -0.3 is 23.6 Å². The predicted octanol–water partition coefficient (Wildman–Crippen LogP) is 2.98. The van der Waals surface area contributed by atoms with Crippen molar-refractivity contribution in [3.8, 4) is 11.4 Å². The fourth-order valence-corrected chi connectivity index (χ4v) is 8.06. The van der Waals surface area contributed by atoms with E-state index >= 15 is 4.11 Å². The molecule has 2 aliphatic rings. The molecule has 1 aromatic carbocycles. The minimum atomic E-state index is -3.23. The Balaban J connectivity index is 1.90. The van der Waals surface area contributed by atoms with Crippen molar-refractivity contribution < 1.29 is 23.5 Å². The number of amides is 1. The van der Waals surface area contributed by atoms with Gasteiger partial charge in [0.15, 0.2) is 11.4 Å². The Morgan fingerprint density at radius 1 is 1.28 bits per heavy atom. The summed E-state index contributed by atoms with van der Waals surface area (Å²) in [6, 6.07) is 8.62. The third kappa shape index (κ3) is 3.14. The van der Waals surface area contributed by atoms with Crippen LogP contribution in [-0.4, -0.2) is 50.9 Å². The van der Waals surface area contributed by atoms with Gasteiger partial charge in [-0.25, -0.2) is 0 Å². The van der Waals surface area contributed by atoms with Gasteiger partial charge in [0.05, 0.1) is 18.9 Å². The summed E-state index contributed by atoms with van der Waals surface area (Å²) in [5.41, 5.74) is -0.290. The molecule has 0 bridgehead atoms. The van der Waals surface area contributed by atoms with E-state index in [1.54, 1.807) is 56.7 Å². The van der Waals surface area contributed by atoms with Gasteiger partial charge >= 0.3 is 0 Å². The second-order valence-corrected chi connectivity index (χ2v) is 12.9. The maximum absolute atomic E-state index is 15.4. The van der Waals surface area contributed by atoms with Gasteiger partial charge in [-0.1, -0.05) is 6.92 Å². The first-order valence-electron chi connectivity index (χ1n) is 10.7. The van der Waals surface area contributed by atoms with Crippen LogP contribution in [0.2, 0.25) is 18.6 Å². The zero-order valence-electron chi connectivity index (χ0n) is 19.0. The molecule has 1 saturated heterocycles. The summed E-state index contributed by atoms with van der Waals surface area (Å²) in [6.07, 6.45) is 1.33. The minimum absolute atomic E-state index is 0.148. The largest absolute Gasteiger partial charge is 0.491 e. The van der Waals surface area contributed by atoms with Crippen molar-refractivity contribution in [2.24, 2.45) is 5.92 Å². The topological polar surface area (TPSA) is 81.0 Å². The number of hydrogen-bond acceptors (Lipinski definition) is 5. The summed E-state index contributed by atoms with van der Waals surface area (Å²) >= 11 is 0.